The summed E-state index contributed by atoms with van der Waals surface area (Å²) in [6.45, 7) is 6.84. The molecule has 0 saturated carbocycles. The van der Waals surface area contributed by atoms with Crippen LogP contribution in [-0.2, 0) is 6.42 Å². The molecule has 2 N–H and O–H groups in total. The third-order valence-corrected chi connectivity index (χ3v) is 4.03. The predicted octanol–water partition coefficient (Wildman–Crippen LogP) is 2.44. The Morgan fingerprint density at radius 3 is 2.83 bits per heavy atom. The predicted molar refractivity (Wildman–Crippen MR) is 71.5 cm³/mol. The maximum absolute atomic E-state index is 11.8. The van der Waals surface area contributed by atoms with E-state index < -0.39 is 6.10 Å². The molecule has 1 atom stereocenters. The average molecular weight is 247 g/mol. The SMILES string of the molecule is CCC(C)(C)C(O)c1ccc2c(c1)C(=O)NCC2. The summed E-state index contributed by atoms with van der Waals surface area (Å²) in [6, 6.07) is 5.75. The number of aliphatic hydroxyl groups excluding tert-OH is 1. The molecule has 0 saturated heterocycles. The Morgan fingerprint density at radius 2 is 2.17 bits per heavy atom. The van der Waals surface area contributed by atoms with E-state index in [4.69, 9.17) is 0 Å². The van der Waals surface area contributed by atoms with Crippen molar-refractivity contribution in [3.8, 4) is 0 Å². The lowest BCUT2D eigenvalue weighted by Gasteiger charge is -2.30. The van der Waals surface area contributed by atoms with Gasteiger partial charge in [-0.15, -0.1) is 0 Å². The molecule has 3 nitrogen and oxygen atoms in total. The first-order chi connectivity index (χ1) is 8.45. The third-order valence-electron chi connectivity index (χ3n) is 4.03. The van der Waals surface area contributed by atoms with E-state index in [0.29, 0.717) is 12.1 Å². The quantitative estimate of drug-likeness (QED) is 0.862. The zero-order chi connectivity index (χ0) is 13.3. The molecule has 1 unspecified atom stereocenters. The van der Waals surface area contributed by atoms with Gasteiger partial charge in [0.25, 0.3) is 5.91 Å². The molecule has 18 heavy (non-hydrogen) atoms. The van der Waals surface area contributed by atoms with Crippen molar-refractivity contribution in [2.75, 3.05) is 6.54 Å². The van der Waals surface area contributed by atoms with Crippen LogP contribution in [0.2, 0.25) is 0 Å². The maximum Gasteiger partial charge on any atom is 0.251 e. The van der Waals surface area contributed by atoms with Gasteiger partial charge in [0.2, 0.25) is 0 Å². The highest BCUT2D eigenvalue weighted by Crippen LogP contribution is 2.36. The summed E-state index contributed by atoms with van der Waals surface area (Å²) in [5.41, 5.74) is 2.44. The molecule has 1 aromatic rings. The number of aliphatic hydroxyl groups is 1. The Balaban J connectivity index is 2.36. The van der Waals surface area contributed by atoms with E-state index in [0.717, 1.165) is 24.0 Å². The molecule has 0 bridgehead atoms. The van der Waals surface area contributed by atoms with Crippen LogP contribution in [-0.4, -0.2) is 17.6 Å². The van der Waals surface area contributed by atoms with Gasteiger partial charge in [0.15, 0.2) is 0 Å². The lowest BCUT2D eigenvalue weighted by atomic mass is 9.79. The lowest BCUT2D eigenvalue weighted by molar-refractivity contribution is 0.0464. The van der Waals surface area contributed by atoms with Crippen molar-refractivity contribution < 1.29 is 9.90 Å². The highest BCUT2D eigenvalue weighted by Gasteiger charge is 2.28. The summed E-state index contributed by atoms with van der Waals surface area (Å²) < 4.78 is 0. The van der Waals surface area contributed by atoms with Gasteiger partial charge in [-0.05, 0) is 35.4 Å². The second-order valence-corrected chi connectivity index (χ2v) is 5.67. The monoisotopic (exact) mass is 247 g/mol. The molecule has 0 aromatic heterocycles. The fourth-order valence-corrected chi connectivity index (χ4v) is 2.24. The van der Waals surface area contributed by atoms with Crippen molar-refractivity contribution in [2.45, 2.75) is 39.7 Å². The molecule has 0 radical (unpaired) electrons. The number of benzene rings is 1. The number of amides is 1. The van der Waals surface area contributed by atoms with Crippen LogP contribution < -0.4 is 5.32 Å². The van der Waals surface area contributed by atoms with E-state index in [2.05, 4.69) is 12.2 Å². The normalized spacial score (nSPS) is 17.0. The zero-order valence-electron chi connectivity index (χ0n) is 11.3. The fourth-order valence-electron chi connectivity index (χ4n) is 2.24. The van der Waals surface area contributed by atoms with Gasteiger partial charge >= 0.3 is 0 Å². The van der Waals surface area contributed by atoms with Crippen LogP contribution in [0.4, 0.5) is 0 Å². The number of fused-ring (bicyclic) bond motifs is 1. The van der Waals surface area contributed by atoms with Crippen molar-refractivity contribution in [3.63, 3.8) is 0 Å². The molecule has 98 valence electrons. The lowest BCUT2D eigenvalue weighted by Crippen LogP contribution is -2.32. The molecular formula is C15H21NO2. The van der Waals surface area contributed by atoms with E-state index in [9.17, 15) is 9.90 Å². The highest BCUT2D eigenvalue weighted by atomic mass is 16.3. The van der Waals surface area contributed by atoms with Crippen LogP contribution in [0.5, 0.6) is 0 Å². The number of hydrogen-bond donors (Lipinski definition) is 2. The number of carbonyl (C=O) groups is 1. The largest absolute Gasteiger partial charge is 0.388 e. The number of rotatable bonds is 3. The van der Waals surface area contributed by atoms with Gasteiger partial charge in [0, 0.05) is 12.1 Å². The Hall–Kier alpha value is -1.35. The summed E-state index contributed by atoms with van der Waals surface area (Å²) >= 11 is 0. The van der Waals surface area contributed by atoms with Crippen molar-refractivity contribution >= 4 is 5.91 Å². The van der Waals surface area contributed by atoms with Gasteiger partial charge in [-0.3, -0.25) is 4.79 Å². The summed E-state index contributed by atoms with van der Waals surface area (Å²) in [4.78, 5) is 11.8. The first kappa shape index (κ1) is 13.1. The molecule has 0 spiro atoms. The summed E-state index contributed by atoms with van der Waals surface area (Å²) in [5.74, 6) is -0.0281. The molecular weight excluding hydrogens is 226 g/mol. The first-order valence-electron chi connectivity index (χ1n) is 6.55. The highest BCUT2D eigenvalue weighted by molar-refractivity contribution is 5.96. The Bertz CT molecular complexity index is 466. The second-order valence-electron chi connectivity index (χ2n) is 5.67. The number of carbonyl (C=O) groups excluding carboxylic acids is 1. The molecule has 2 rings (SSSR count). The smallest absolute Gasteiger partial charge is 0.251 e. The van der Waals surface area contributed by atoms with Crippen molar-refractivity contribution in [1.29, 1.82) is 0 Å². The van der Waals surface area contributed by atoms with Gasteiger partial charge in [-0.1, -0.05) is 32.9 Å². The minimum Gasteiger partial charge on any atom is -0.388 e. The Labute approximate surface area is 108 Å². The standard InChI is InChI=1S/C15H21NO2/c1-4-15(2,3)13(17)11-6-5-10-7-8-16-14(18)12(10)9-11/h5-6,9,13,17H,4,7-8H2,1-3H3,(H,16,18). The topological polar surface area (TPSA) is 49.3 Å². The van der Waals surface area contributed by atoms with Gasteiger partial charge in [0.05, 0.1) is 6.10 Å². The summed E-state index contributed by atoms with van der Waals surface area (Å²) in [7, 11) is 0. The molecule has 3 heteroatoms. The summed E-state index contributed by atoms with van der Waals surface area (Å²) in [5, 5.41) is 13.2. The maximum atomic E-state index is 11.8. The molecule has 0 aliphatic carbocycles. The average Bonchev–Trinajstić information content (AvgIpc) is 2.38. The zero-order valence-corrected chi connectivity index (χ0v) is 11.3. The number of nitrogens with one attached hydrogen (secondary N) is 1. The minimum absolute atomic E-state index is 0.0281. The van der Waals surface area contributed by atoms with Gasteiger partial charge in [-0.25, -0.2) is 0 Å². The van der Waals surface area contributed by atoms with Crippen molar-refractivity contribution in [1.82, 2.24) is 5.32 Å². The van der Waals surface area contributed by atoms with Gasteiger partial charge in [-0.2, -0.15) is 0 Å². The molecule has 1 aliphatic heterocycles. The molecule has 0 fully saturated rings. The van der Waals surface area contributed by atoms with Gasteiger partial charge < -0.3 is 10.4 Å². The van der Waals surface area contributed by atoms with Crippen LogP contribution in [0.1, 0.15) is 54.8 Å². The molecule has 1 aliphatic rings. The number of hydrogen-bond acceptors (Lipinski definition) is 2. The van der Waals surface area contributed by atoms with Crippen LogP contribution in [0.3, 0.4) is 0 Å². The molecule has 1 aromatic carbocycles. The van der Waals surface area contributed by atoms with E-state index in [1.54, 1.807) is 0 Å². The Morgan fingerprint density at radius 1 is 1.44 bits per heavy atom. The van der Waals surface area contributed by atoms with Gasteiger partial charge in [0.1, 0.15) is 0 Å². The third kappa shape index (κ3) is 2.27. The van der Waals surface area contributed by atoms with Crippen LogP contribution in [0, 0.1) is 5.41 Å². The van der Waals surface area contributed by atoms with E-state index in [-0.39, 0.29) is 11.3 Å². The van der Waals surface area contributed by atoms with E-state index >= 15 is 0 Å². The molecule has 1 amide bonds. The first-order valence-corrected chi connectivity index (χ1v) is 6.55. The van der Waals surface area contributed by atoms with Crippen molar-refractivity contribution in [2.24, 2.45) is 5.41 Å². The second kappa shape index (κ2) is 4.73. The molecule has 1 heterocycles. The van der Waals surface area contributed by atoms with Crippen LogP contribution >= 0.6 is 0 Å². The minimum atomic E-state index is -0.539. The van der Waals surface area contributed by atoms with E-state index in [1.807, 2.05) is 32.0 Å². The summed E-state index contributed by atoms with van der Waals surface area (Å²) in [6.07, 6.45) is 1.22. The fraction of sp³-hybridized carbons (Fsp3) is 0.533. The Kier molecular flexibility index (Phi) is 3.44. The van der Waals surface area contributed by atoms with Crippen LogP contribution in [0.15, 0.2) is 18.2 Å². The van der Waals surface area contributed by atoms with Crippen molar-refractivity contribution in [3.05, 3.63) is 34.9 Å². The van der Waals surface area contributed by atoms with Crippen LogP contribution in [0.25, 0.3) is 0 Å². The van der Waals surface area contributed by atoms with E-state index in [1.165, 1.54) is 0 Å².